The molecule has 0 saturated carbocycles. The lowest BCUT2D eigenvalue weighted by atomic mass is 9.76. The van der Waals surface area contributed by atoms with E-state index in [4.69, 9.17) is 5.11 Å². The molecular formula is C22H24N2O2S. The normalized spacial score (nSPS) is 16.8. The van der Waals surface area contributed by atoms with Crippen LogP contribution in [0.25, 0.3) is 0 Å². The van der Waals surface area contributed by atoms with Crippen LogP contribution in [0.15, 0.2) is 29.4 Å². The van der Waals surface area contributed by atoms with Crippen molar-refractivity contribution in [3.8, 4) is 11.8 Å². The van der Waals surface area contributed by atoms with E-state index in [0.29, 0.717) is 11.4 Å². The zero-order valence-corrected chi connectivity index (χ0v) is 17.2. The summed E-state index contributed by atoms with van der Waals surface area (Å²) in [5, 5.41) is 8.78. The fraction of sp³-hybridized carbons (Fsp3) is 0.409. The molecule has 1 aromatic carbocycles. The number of hydrogen-bond donors (Lipinski definition) is 1. The molecular weight excluding hydrogens is 356 g/mol. The minimum absolute atomic E-state index is 0.107. The number of carboxylic acid groups (broad SMARTS) is 1. The first-order valence-electron chi connectivity index (χ1n) is 8.95. The minimum Gasteiger partial charge on any atom is -0.481 e. The van der Waals surface area contributed by atoms with Gasteiger partial charge in [0.05, 0.1) is 5.56 Å². The molecule has 0 radical (unpaired) electrons. The SMILES string of the molecule is Cc1cc2c(cc1C#Cc1cnc(CC(=O)O)nc1)C(C)(C)CC(C)(C)S2. The van der Waals surface area contributed by atoms with Crippen molar-refractivity contribution in [2.45, 2.75) is 62.5 Å². The van der Waals surface area contributed by atoms with Crippen molar-refractivity contribution in [3.63, 3.8) is 0 Å². The lowest BCUT2D eigenvalue weighted by Gasteiger charge is -2.42. The van der Waals surface area contributed by atoms with Crippen molar-refractivity contribution in [2.24, 2.45) is 0 Å². The van der Waals surface area contributed by atoms with Crippen LogP contribution in [0.1, 0.15) is 62.2 Å². The molecule has 0 fully saturated rings. The summed E-state index contributed by atoms with van der Waals surface area (Å²) in [6, 6.07) is 4.47. The van der Waals surface area contributed by atoms with Gasteiger partial charge >= 0.3 is 5.97 Å². The summed E-state index contributed by atoms with van der Waals surface area (Å²) < 4.78 is 0.227. The molecule has 0 amide bonds. The van der Waals surface area contributed by atoms with Gasteiger partial charge in [0.1, 0.15) is 12.2 Å². The fourth-order valence-electron chi connectivity index (χ4n) is 3.71. The summed E-state index contributed by atoms with van der Waals surface area (Å²) in [5.74, 6) is 5.69. The van der Waals surface area contributed by atoms with Gasteiger partial charge in [-0.25, -0.2) is 9.97 Å². The maximum atomic E-state index is 10.7. The van der Waals surface area contributed by atoms with Crippen molar-refractivity contribution in [2.75, 3.05) is 0 Å². The first-order valence-corrected chi connectivity index (χ1v) is 9.76. The number of aryl methyl sites for hydroxylation is 1. The average molecular weight is 381 g/mol. The highest BCUT2D eigenvalue weighted by atomic mass is 32.2. The van der Waals surface area contributed by atoms with E-state index in [0.717, 1.165) is 17.5 Å². The number of aromatic nitrogens is 2. The number of rotatable bonds is 2. The van der Waals surface area contributed by atoms with Gasteiger partial charge in [-0.1, -0.05) is 39.5 Å². The largest absolute Gasteiger partial charge is 0.481 e. The summed E-state index contributed by atoms with van der Waals surface area (Å²) in [7, 11) is 0. The summed E-state index contributed by atoms with van der Waals surface area (Å²) in [6.45, 7) is 11.3. The standard InChI is InChI=1S/C22H24N2O2S/c1-14-8-18-17(21(2,3)13-22(4,5)27-18)9-16(14)7-6-15-11-23-19(24-12-15)10-20(25)26/h8-9,11-12H,10,13H2,1-5H3,(H,25,26). The first kappa shape index (κ1) is 19.4. The number of fused-ring (bicyclic) bond motifs is 1. The molecule has 1 aliphatic rings. The molecule has 5 heteroatoms. The molecule has 0 aliphatic carbocycles. The Morgan fingerprint density at radius 3 is 2.48 bits per heavy atom. The number of aliphatic carboxylic acids is 1. The number of carbonyl (C=O) groups is 1. The van der Waals surface area contributed by atoms with Crippen molar-refractivity contribution in [3.05, 3.63) is 52.6 Å². The first-order chi connectivity index (χ1) is 12.6. The van der Waals surface area contributed by atoms with Gasteiger partial charge < -0.3 is 5.11 Å². The lowest BCUT2D eigenvalue weighted by Crippen LogP contribution is -2.33. The third-order valence-corrected chi connectivity index (χ3v) is 5.92. The van der Waals surface area contributed by atoms with E-state index in [2.05, 4.69) is 68.6 Å². The maximum Gasteiger partial charge on any atom is 0.311 e. The van der Waals surface area contributed by atoms with Crippen molar-refractivity contribution in [1.82, 2.24) is 9.97 Å². The van der Waals surface area contributed by atoms with Gasteiger partial charge in [-0.15, -0.1) is 11.8 Å². The van der Waals surface area contributed by atoms with E-state index < -0.39 is 5.97 Å². The number of benzene rings is 1. The third-order valence-electron chi connectivity index (χ3n) is 4.67. The van der Waals surface area contributed by atoms with Crippen molar-refractivity contribution < 1.29 is 9.90 Å². The van der Waals surface area contributed by atoms with E-state index in [1.54, 1.807) is 12.4 Å². The molecule has 1 N–H and O–H groups in total. The van der Waals surface area contributed by atoms with Gasteiger partial charge in [-0.2, -0.15) is 0 Å². The van der Waals surface area contributed by atoms with Crippen LogP contribution in [0.4, 0.5) is 0 Å². The molecule has 0 atom stereocenters. The molecule has 27 heavy (non-hydrogen) atoms. The fourth-order valence-corrected chi connectivity index (χ4v) is 5.42. The van der Waals surface area contributed by atoms with Crippen LogP contribution in [0, 0.1) is 18.8 Å². The van der Waals surface area contributed by atoms with Gasteiger partial charge in [0.25, 0.3) is 0 Å². The van der Waals surface area contributed by atoms with Gasteiger partial charge in [-0.05, 0) is 42.0 Å². The zero-order valence-electron chi connectivity index (χ0n) is 16.4. The third kappa shape index (κ3) is 4.51. The Hall–Kier alpha value is -2.32. The van der Waals surface area contributed by atoms with Crippen molar-refractivity contribution in [1.29, 1.82) is 0 Å². The van der Waals surface area contributed by atoms with Crippen LogP contribution in [0.5, 0.6) is 0 Å². The Kier molecular flexibility index (Phi) is 5.05. The number of thioether (sulfide) groups is 1. The number of nitrogens with zero attached hydrogens (tertiary/aromatic N) is 2. The monoisotopic (exact) mass is 380 g/mol. The van der Waals surface area contributed by atoms with Crippen LogP contribution >= 0.6 is 11.8 Å². The zero-order chi connectivity index (χ0) is 19.8. The van der Waals surface area contributed by atoms with Crippen LogP contribution in [-0.2, 0) is 16.6 Å². The second-order valence-corrected chi connectivity index (χ2v) is 10.0. The maximum absolute atomic E-state index is 10.7. The molecule has 0 unspecified atom stereocenters. The van der Waals surface area contributed by atoms with E-state index >= 15 is 0 Å². The number of carboxylic acids is 1. The second kappa shape index (κ2) is 7.01. The molecule has 2 heterocycles. The average Bonchev–Trinajstić information content (AvgIpc) is 2.52. The summed E-state index contributed by atoms with van der Waals surface area (Å²) in [6.07, 6.45) is 4.09. The van der Waals surface area contributed by atoms with E-state index in [9.17, 15) is 4.79 Å². The highest BCUT2D eigenvalue weighted by Crippen LogP contribution is 2.51. The highest BCUT2D eigenvalue weighted by Gasteiger charge is 2.38. The van der Waals surface area contributed by atoms with Gasteiger partial charge in [0.15, 0.2) is 0 Å². The molecule has 1 aliphatic heterocycles. The Labute approximate surface area is 164 Å². The Morgan fingerprint density at radius 1 is 1.19 bits per heavy atom. The second-order valence-electron chi connectivity index (χ2n) is 8.29. The molecule has 0 spiro atoms. The summed E-state index contributed by atoms with van der Waals surface area (Å²) in [4.78, 5) is 20.2. The Morgan fingerprint density at radius 2 is 1.85 bits per heavy atom. The molecule has 2 aromatic rings. The highest BCUT2D eigenvalue weighted by molar-refractivity contribution is 8.00. The van der Waals surface area contributed by atoms with Crippen molar-refractivity contribution >= 4 is 17.7 Å². The Bertz CT molecular complexity index is 951. The van der Waals surface area contributed by atoms with Crippen LogP contribution < -0.4 is 0 Å². The molecule has 140 valence electrons. The predicted octanol–water partition coefficient (Wildman–Crippen LogP) is 4.36. The topological polar surface area (TPSA) is 63.1 Å². The van der Waals surface area contributed by atoms with E-state index in [-0.39, 0.29) is 16.6 Å². The molecule has 0 saturated heterocycles. The van der Waals surface area contributed by atoms with Gasteiger partial charge in [-0.3, -0.25) is 4.79 Å². The van der Waals surface area contributed by atoms with E-state index in [1.807, 2.05) is 11.8 Å². The lowest BCUT2D eigenvalue weighted by molar-refractivity contribution is -0.136. The quantitative estimate of drug-likeness (QED) is 0.784. The summed E-state index contributed by atoms with van der Waals surface area (Å²) in [5.41, 5.74) is 4.31. The Balaban J connectivity index is 1.92. The minimum atomic E-state index is -0.942. The van der Waals surface area contributed by atoms with E-state index in [1.165, 1.54) is 10.5 Å². The van der Waals surface area contributed by atoms with Gasteiger partial charge in [0.2, 0.25) is 0 Å². The van der Waals surface area contributed by atoms with Crippen LogP contribution in [-0.4, -0.2) is 25.8 Å². The molecule has 0 bridgehead atoms. The summed E-state index contributed by atoms with van der Waals surface area (Å²) >= 11 is 1.94. The molecule has 1 aromatic heterocycles. The molecule has 3 rings (SSSR count). The van der Waals surface area contributed by atoms with Crippen LogP contribution in [0.3, 0.4) is 0 Å². The number of hydrogen-bond acceptors (Lipinski definition) is 4. The van der Waals surface area contributed by atoms with Gasteiger partial charge in [0, 0.05) is 27.6 Å². The smallest absolute Gasteiger partial charge is 0.311 e. The predicted molar refractivity (Wildman–Crippen MR) is 108 cm³/mol. The molecule has 4 nitrogen and oxygen atoms in total. The van der Waals surface area contributed by atoms with Crippen LogP contribution in [0.2, 0.25) is 0 Å².